The fraction of sp³-hybridized carbons (Fsp3) is 0.357. The molecular formula is C28H31N5O3. The molecule has 0 aliphatic carbocycles. The van der Waals surface area contributed by atoms with Gasteiger partial charge in [0.05, 0.1) is 5.92 Å². The lowest BCUT2D eigenvalue weighted by atomic mass is 9.89. The molecule has 2 aliphatic rings. The Kier molecular flexibility index (Phi) is 7.23. The number of amides is 2. The first-order chi connectivity index (χ1) is 17.6. The van der Waals surface area contributed by atoms with Crippen LogP contribution in [0.15, 0.2) is 72.9 Å². The minimum Gasteiger partial charge on any atom is -0.367 e. The molecular weight excluding hydrogens is 454 g/mol. The minimum absolute atomic E-state index is 0.0223. The number of ether oxygens (including phenoxy) is 1. The number of hydrogen-bond donors (Lipinski definition) is 1. The highest BCUT2D eigenvalue weighted by Crippen LogP contribution is 2.31. The Morgan fingerprint density at radius 1 is 0.972 bits per heavy atom. The predicted octanol–water partition coefficient (Wildman–Crippen LogP) is 3.65. The van der Waals surface area contributed by atoms with Gasteiger partial charge in [0.15, 0.2) is 11.9 Å². The van der Waals surface area contributed by atoms with E-state index in [1.807, 2.05) is 64.4 Å². The van der Waals surface area contributed by atoms with Gasteiger partial charge in [-0.15, -0.1) is 5.10 Å². The average Bonchev–Trinajstić information content (AvgIpc) is 2.90. The van der Waals surface area contributed by atoms with Gasteiger partial charge in [0, 0.05) is 45.2 Å². The lowest BCUT2D eigenvalue weighted by Gasteiger charge is -2.38. The summed E-state index contributed by atoms with van der Waals surface area (Å²) in [6, 6.07) is 21.5. The minimum atomic E-state index is -0.561. The number of methoxy groups -OCH3 is 1. The highest BCUT2D eigenvalue weighted by atomic mass is 16.5. The van der Waals surface area contributed by atoms with Gasteiger partial charge in [0.25, 0.3) is 5.91 Å². The van der Waals surface area contributed by atoms with Crippen LogP contribution in [-0.4, -0.2) is 60.2 Å². The number of carbonyl (C=O) groups is 2. The summed E-state index contributed by atoms with van der Waals surface area (Å²) in [6.07, 6.45) is 2.89. The van der Waals surface area contributed by atoms with Crippen molar-refractivity contribution in [3.63, 3.8) is 0 Å². The van der Waals surface area contributed by atoms with Gasteiger partial charge in [-0.25, -0.2) is 0 Å². The van der Waals surface area contributed by atoms with Crippen LogP contribution >= 0.6 is 0 Å². The second kappa shape index (κ2) is 10.9. The van der Waals surface area contributed by atoms with Crippen molar-refractivity contribution in [2.45, 2.75) is 24.9 Å². The van der Waals surface area contributed by atoms with Gasteiger partial charge in [-0.2, -0.15) is 5.10 Å². The lowest BCUT2D eigenvalue weighted by Crippen LogP contribution is -2.52. The number of hydrogen-bond acceptors (Lipinski definition) is 6. The molecule has 1 aromatic heterocycles. The number of aromatic nitrogens is 2. The van der Waals surface area contributed by atoms with Crippen LogP contribution in [0, 0.1) is 5.92 Å². The maximum Gasteiger partial charge on any atom is 0.256 e. The van der Waals surface area contributed by atoms with E-state index in [4.69, 9.17) is 4.74 Å². The molecule has 2 aliphatic heterocycles. The van der Waals surface area contributed by atoms with E-state index in [2.05, 4.69) is 27.6 Å². The molecule has 3 heterocycles. The monoisotopic (exact) mass is 485 g/mol. The Balaban J connectivity index is 1.10. The third kappa shape index (κ3) is 5.23. The summed E-state index contributed by atoms with van der Waals surface area (Å²) in [4.78, 5) is 29.6. The van der Waals surface area contributed by atoms with Crippen LogP contribution in [0.25, 0.3) is 0 Å². The topological polar surface area (TPSA) is 87.7 Å². The van der Waals surface area contributed by atoms with Crippen molar-refractivity contribution in [2.75, 3.05) is 43.5 Å². The normalized spacial score (nSPS) is 17.4. The van der Waals surface area contributed by atoms with Crippen LogP contribution < -0.4 is 10.2 Å². The lowest BCUT2D eigenvalue weighted by molar-refractivity contribution is -0.143. The fourth-order valence-electron chi connectivity index (χ4n) is 4.98. The van der Waals surface area contributed by atoms with Crippen LogP contribution in [0.3, 0.4) is 0 Å². The number of carbonyl (C=O) groups excluding carboxylic acids is 2. The highest BCUT2D eigenvalue weighted by molar-refractivity contribution is 5.94. The van der Waals surface area contributed by atoms with Gasteiger partial charge in [0.1, 0.15) is 0 Å². The van der Waals surface area contributed by atoms with E-state index in [1.54, 1.807) is 13.3 Å². The van der Waals surface area contributed by atoms with Gasteiger partial charge in [0.2, 0.25) is 5.91 Å². The fourth-order valence-corrected chi connectivity index (χ4v) is 4.98. The molecule has 0 spiro atoms. The number of benzene rings is 2. The number of nitrogens with zero attached hydrogens (tertiary/aromatic N) is 4. The summed E-state index contributed by atoms with van der Waals surface area (Å²) < 4.78 is 5.53. The molecule has 0 saturated carbocycles. The van der Waals surface area contributed by atoms with E-state index >= 15 is 0 Å². The summed E-state index contributed by atoms with van der Waals surface area (Å²) in [5.41, 5.74) is 2.93. The SMILES string of the molecule is CO[C@H](C(=O)N1CCC(c2ccc(NC(=O)C3CN(c4cccnn4)C3)cc2)CC1)c1ccccc1. The maximum absolute atomic E-state index is 13.1. The molecule has 0 unspecified atom stereocenters. The Hall–Kier alpha value is -3.78. The van der Waals surface area contributed by atoms with Gasteiger partial charge in [-0.1, -0.05) is 42.5 Å². The highest BCUT2D eigenvalue weighted by Gasteiger charge is 2.34. The zero-order valence-corrected chi connectivity index (χ0v) is 20.4. The molecule has 2 fully saturated rings. The molecule has 8 nitrogen and oxygen atoms in total. The van der Waals surface area contributed by atoms with Crippen molar-refractivity contribution in [2.24, 2.45) is 5.92 Å². The Labute approximate surface area is 211 Å². The van der Waals surface area contributed by atoms with Crippen molar-refractivity contribution in [3.05, 3.63) is 84.1 Å². The van der Waals surface area contributed by atoms with Crippen molar-refractivity contribution in [3.8, 4) is 0 Å². The van der Waals surface area contributed by atoms with Crippen LogP contribution in [0.1, 0.15) is 36.0 Å². The van der Waals surface area contributed by atoms with E-state index in [9.17, 15) is 9.59 Å². The zero-order chi connectivity index (χ0) is 24.9. The third-order valence-corrected chi connectivity index (χ3v) is 7.15. The number of nitrogens with one attached hydrogen (secondary N) is 1. The van der Waals surface area contributed by atoms with Gasteiger partial charge >= 0.3 is 0 Å². The molecule has 0 bridgehead atoms. The number of rotatable bonds is 7. The van der Waals surface area contributed by atoms with Crippen molar-refractivity contribution in [1.82, 2.24) is 15.1 Å². The number of likely N-dealkylation sites (tertiary alicyclic amines) is 1. The first kappa shape index (κ1) is 23.9. The zero-order valence-electron chi connectivity index (χ0n) is 20.4. The standard InChI is InChI=1S/C28H31N5O3/c1-36-26(22-6-3-2-4-7-22)28(35)32-16-13-21(14-17-32)20-9-11-24(12-10-20)30-27(34)23-18-33(19-23)25-8-5-15-29-31-25/h2-12,15,21,23,26H,13-14,16-19H2,1H3,(H,30,34)/t26-/m0/s1. The molecule has 36 heavy (non-hydrogen) atoms. The van der Waals surface area contributed by atoms with E-state index in [0.29, 0.717) is 32.1 Å². The predicted molar refractivity (Wildman–Crippen MR) is 138 cm³/mol. The number of anilines is 2. The van der Waals surface area contributed by atoms with Crippen LogP contribution in [0.5, 0.6) is 0 Å². The van der Waals surface area contributed by atoms with Gasteiger partial charge in [-0.05, 0) is 54.2 Å². The van der Waals surface area contributed by atoms with E-state index in [0.717, 1.165) is 29.9 Å². The van der Waals surface area contributed by atoms with Gasteiger partial charge < -0.3 is 19.9 Å². The molecule has 2 aromatic carbocycles. The molecule has 186 valence electrons. The van der Waals surface area contributed by atoms with Crippen molar-refractivity contribution in [1.29, 1.82) is 0 Å². The Morgan fingerprint density at radius 2 is 1.69 bits per heavy atom. The molecule has 2 saturated heterocycles. The molecule has 2 amide bonds. The van der Waals surface area contributed by atoms with Crippen LogP contribution in [0.4, 0.5) is 11.5 Å². The van der Waals surface area contributed by atoms with E-state index < -0.39 is 6.10 Å². The Morgan fingerprint density at radius 3 is 2.33 bits per heavy atom. The van der Waals surface area contributed by atoms with E-state index in [-0.39, 0.29) is 17.7 Å². The summed E-state index contributed by atoms with van der Waals surface area (Å²) in [5, 5.41) is 11.0. The summed E-state index contributed by atoms with van der Waals surface area (Å²) in [7, 11) is 1.58. The summed E-state index contributed by atoms with van der Waals surface area (Å²) in [6.45, 7) is 2.71. The third-order valence-electron chi connectivity index (χ3n) is 7.15. The quantitative estimate of drug-likeness (QED) is 0.550. The van der Waals surface area contributed by atoms with Crippen molar-refractivity contribution >= 4 is 23.3 Å². The smallest absolute Gasteiger partial charge is 0.256 e. The summed E-state index contributed by atoms with van der Waals surface area (Å²) in [5.74, 6) is 1.19. The average molecular weight is 486 g/mol. The van der Waals surface area contributed by atoms with Gasteiger partial charge in [-0.3, -0.25) is 9.59 Å². The largest absolute Gasteiger partial charge is 0.367 e. The van der Waals surface area contributed by atoms with E-state index in [1.165, 1.54) is 5.56 Å². The number of piperidine rings is 1. The van der Waals surface area contributed by atoms with Crippen LogP contribution in [-0.2, 0) is 14.3 Å². The Bertz CT molecular complexity index is 1160. The molecule has 1 N–H and O–H groups in total. The molecule has 8 heteroatoms. The molecule has 1 atom stereocenters. The molecule has 5 rings (SSSR count). The van der Waals surface area contributed by atoms with Crippen molar-refractivity contribution < 1.29 is 14.3 Å². The maximum atomic E-state index is 13.1. The second-order valence-corrected chi connectivity index (χ2v) is 9.42. The summed E-state index contributed by atoms with van der Waals surface area (Å²) >= 11 is 0. The van der Waals surface area contributed by atoms with Crippen LogP contribution in [0.2, 0.25) is 0 Å². The first-order valence-electron chi connectivity index (χ1n) is 12.4. The molecule has 3 aromatic rings. The molecule has 0 radical (unpaired) electrons. The second-order valence-electron chi connectivity index (χ2n) is 9.42. The first-order valence-corrected chi connectivity index (χ1v) is 12.4.